The molecule has 0 atom stereocenters. The summed E-state index contributed by atoms with van der Waals surface area (Å²) in [6.07, 6.45) is -4.52. The number of halogens is 4. The summed E-state index contributed by atoms with van der Waals surface area (Å²) >= 11 is 0. The van der Waals surface area contributed by atoms with Crippen LogP contribution in [-0.2, 0) is 6.18 Å². The van der Waals surface area contributed by atoms with E-state index in [0.29, 0.717) is 25.7 Å². The number of nitrogens with zero attached hydrogens (tertiary/aromatic N) is 1. The van der Waals surface area contributed by atoms with Crippen molar-refractivity contribution >= 4 is 5.69 Å². The maximum absolute atomic E-state index is 13.6. The lowest BCUT2D eigenvalue weighted by molar-refractivity contribution is -0.137. The number of likely N-dealkylation sites (N-methyl/N-ethyl adjacent to an activating group) is 1. The summed E-state index contributed by atoms with van der Waals surface area (Å²) in [7, 11) is 0. The molecule has 17 heavy (non-hydrogen) atoms. The number of hydrogen-bond acceptors (Lipinski definition) is 2. The molecule has 0 heterocycles. The number of rotatable bonds is 4. The van der Waals surface area contributed by atoms with Crippen molar-refractivity contribution < 1.29 is 17.6 Å². The van der Waals surface area contributed by atoms with Crippen molar-refractivity contribution in [3.63, 3.8) is 0 Å². The Labute approximate surface area is 97.0 Å². The van der Waals surface area contributed by atoms with Crippen molar-refractivity contribution in [3.05, 3.63) is 29.6 Å². The smallest absolute Gasteiger partial charge is 0.368 e. The van der Waals surface area contributed by atoms with Gasteiger partial charge in [0.15, 0.2) is 0 Å². The summed E-state index contributed by atoms with van der Waals surface area (Å²) in [4.78, 5) is 1.59. The van der Waals surface area contributed by atoms with Crippen LogP contribution in [0.2, 0.25) is 0 Å². The third-order valence-electron chi connectivity index (χ3n) is 2.40. The quantitative estimate of drug-likeness (QED) is 0.832. The average molecular weight is 250 g/mol. The van der Waals surface area contributed by atoms with Gasteiger partial charge >= 0.3 is 6.18 Å². The SMILES string of the molecule is CCN(CCN)c1ccc(C(F)(F)F)cc1F. The van der Waals surface area contributed by atoms with Gasteiger partial charge in [0.1, 0.15) is 5.82 Å². The van der Waals surface area contributed by atoms with Crippen LogP contribution in [0.25, 0.3) is 0 Å². The molecular weight excluding hydrogens is 236 g/mol. The summed E-state index contributed by atoms with van der Waals surface area (Å²) in [6, 6.07) is 2.52. The number of nitrogens with two attached hydrogens (primary N) is 1. The molecule has 2 N–H and O–H groups in total. The van der Waals surface area contributed by atoms with Gasteiger partial charge in [-0.15, -0.1) is 0 Å². The van der Waals surface area contributed by atoms with Gasteiger partial charge in [0.25, 0.3) is 0 Å². The van der Waals surface area contributed by atoms with Crippen molar-refractivity contribution in [2.75, 3.05) is 24.5 Å². The molecule has 0 aliphatic heterocycles. The average Bonchev–Trinajstić information content (AvgIpc) is 2.25. The van der Waals surface area contributed by atoms with Gasteiger partial charge in [-0.1, -0.05) is 0 Å². The fourth-order valence-electron chi connectivity index (χ4n) is 1.54. The van der Waals surface area contributed by atoms with Crippen molar-refractivity contribution in [1.29, 1.82) is 0 Å². The van der Waals surface area contributed by atoms with Crippen molar-refractivity contribution in [1.82, 2.24) is 0 Å². The monoisotopic (exact) mass is 250 g/mol. The first-order chi connectivity index (χ1) is 7.90. The Bertz CT molecular complexity index is 376. The largest absolute Gasteiger partial charge is 0.416 e. The fraction of sp³-hybridized carbons (Fsp3) is 0.455. The molecule has 0 aliphatic rings. The molecule has 0 amide bonds. The highest BCUT2D eigenvalue weighted by Gasteiger charge is 2.31. The molecule has 96 valence electrons. The van der Waals surface area contributed by atoms with Crippen LogP contribution in [0.1, 0.15) is 12.5 Å². The molecule has 0 unspecified atom stereocenters. The Morgan fingerprint density at radius 3 is 2.35 bits per heavy atom. The van der Waals surface area contributed by atoms with Gasteiger partial charge in [0.2, 0.25) is 0 Å². The molecule has 0 bridgehead atoms. The van der Waals surface area contributed by atoms with Crippen LogP contribution in [0.15, 0.2) is 18.2 Å². The van der Waals surface area contributed by atoms with Crippen LogP contribution in [0, 0.1) is 5.82 Å². The first-order valence-corrected chi connectivity index (χ1v) is 5.22. The number of anilines is 1. The molecular formula is C11H14F4N2. The zero-order valence-corrected chi connectivity index (χ0v) is 9.39. The maximum Gasteiger partial charge on any atom is 0.416 e. The normalized spacial score (nSPS) is 11.6. The second-order valence-corrected chi connectivity index (χ2v) is 3.53. The highest BCUT2D eigenvalue weighted by molar-refractivity contribution is 5.49. The number of alkyl halides is 3. The summed E-state index contributed by atoms with van der Waals surface area (Å²) < 4.78 is 50.5. The molecule has 1 aromatic carbocycles. The molecule has 0 fully saturated rings. The van der Waals surface area contributed by atoms with Crippen molar-refractivity contribution in [2.24, 2.45) is 5.73 Å². The van der Waals surface area contributed by atoms with E-state index in [4.69, 9.17) is 5.73 Å². The molecule has 0 spiro atoms. The van der Waals surface area contributed by atoms with E-state index in [1.807, 2.05) is 0 Å². The minimum absolute atomic E-state index is 0.144. The molecule has 6 heteroatoms. The van der Waals surface area contributed by atoms with Gasteiger partial charge < -0.3 is 10.6 Å². The second-order valence-electron chi connectivity index (χ2n) is 3.53. The molecule has 0 aromatic heterocycles. The Morgan fingerprint density at radius 2 is 1.94 bits per heavy atom. The fourth-order valence-corrected chi connectivity index (χ4v) is 1.54. The molecule has 0 aliphatic carbocycles. The van der Waals surface area contributed by atoms with Crippen LogP contribution < -0.4 is 10.6 Å². The lowest BCUT2D eigenvalue weighted by atomic mass is 10.1. The third kappa shape index (κ3) is 3.33. The predicted octanol–water partition coefficient (Wildman–Crippen LogP) is 2.63. The minimum atomic E-state index is -4.52. The van der Waals surface area contributed by atoms with Gasteiger partial charge in [-0.3, -0.25) is 0 Å². The summed E-state index contributed by atoms with van der Waals surface area (Å²) in [6.45, 7) is 2.99. The number of benzene rings is 1. The van der Waals surface area contributed by atoms with Crippen LogP contribution in [0.5, 0.6) is 0 Å². The summed E-state index contributed by atoms with van der Waals surface area (Å²) in [5.74, 6) is -0.880. The van der Waals surface area contributed by atoms with Crippen LogP contribution in [-0.4, -0.2) is 19.6 Å². The summed E-state index contributed by atoms with van der Waals surface area (Å²) in [5.41, 5.74) is 4.51. The number of hydrogen-bond donors (Lipinski definition) is 1. The highest BCUT2D eigenvalue weighted by atomic mass is 19.4. The van der Waals surface area contributed by atoms with E-state index < -0.39 is 17.6 Å². The van der Waals surface area contributed by atoms with E-state index in [0.717, 1.165) is 12.1 Å². The Hall–Kier alpha value is -1.30. The highest BCUT2D eigenvalue weighted by Crippen LogP contribution is 2.32. The van der Waals surface area contributed by atoms with E-state index in [9.17, 15) is 17.6 Å². The molecule has 0 saturated heterocycles. The zero-order valence-electron chi connectivity index (χ0n) is 9.39. The predicted molar refractivity (Wildman–Crippen MR) is 58.3 cm³/mol. The van der Waals surface area contributed by atoms with Crippen LogP contribution in [0.4, 0.5) is 23.2 Å². The van der Waals surface area contributed by atoms with E-state index in [-0.39, 0.29) is 5.69 Å². The molecule has 0 radical (unpaired) electrons. The Kier molecular flexibility index (Phi) is 4.34. The Morgan fingerprint density at radius 1 is 1.29 bits per heavy atom. The third-order valence-corrected chi connectivity index (χ3v) is 2.40. The van der Waals surface area contributed by atoms with Gasteiger partial charge in [-0.05, 0) is 25.1 Å². The minimum Gasteiger partial charge on any atom is -0.368 e. The van der Waals surface area contributed by atoms with Crippen molar-refractivity contribution in [2.45, 2.75) is 13.1 Å². The molecule has 2 nitrogen and oxygen atoms in total. The van der Waals surface area contributed by atoms with E-state index in [2.05, 4.69) is 0 Å². The molecule has 0 saturated carbocycles. The van der Waals surface area contributed by atoms with Crippen LogP contribution >= 0.6 is 0 Å². The molecule has 1 rings (SSSR count). The maximum atomic E-state index is 13.6. The zero-order chi connectivity index (χ0) is 13.1. The lowest BCUT2D eigenvalue weighted by Gasteiger charge is -2.23. The van der Waals surface area contributed by atoms with Gasteiger partial charge in [-0.25, -0.2) is 4.39 Å². The topological polar surface area (TPSA) is 29.3 Å². The first kappa shape index (κ1) is 13.8. The Balaban J connectivity index is 3.04. The van der Waals surface area contributed by atoms with Gasteiger partial charge in [0.05, 0.1) is 11.3 Å². The van der Waals surface area contributed by atoms with Crippen LogP contribution in [0.3, 0.4) is 0 Å². The second kappa shape index (κ2) is 5.35. The van der Waals surface area contributed by atoms with Gasteiger partial charge in [0, 0.05) is 19.6 Å². The van der Waals surface area contributed by atoms with E-state index >= 15 is 0 Å². The van der Waals surface area contributed by atoms with Gasteiger partial charge in [-0.2, -0.15) is 13.2 Å². The standard InChI is InChI=1S/C11H14F4N2/c1-2-17(6-5-16)10-4-3-8(7-9(10)12)11(13,14)15/h3-4,7H,2,5-6,16H2,1H3. The molecule has 1 aromatic rings. The first-order valence-electron chi connectivity index (χ1n) is 5.22. The lowest BCUT2D eigenvalue weighted by Crippen LogP contribution is -2.29. The van der Waals surface area contributed by atoms with E-state index in [1.54, 1.807) is 11.8 Å². The summed E-state index contributed by atoms with van der Waals surface area (Å²) in [5, 5.41) is 0. The van der Waals surface area contributed by atoms with Crippen molar-refractivity contribution in [3.8, 4) is 0 Å². The van der Waals surface area contributed by atoms with E-state index in [1.165, 1.54) is 0 Å².